The van der Waals surface area contributed by atoms with Gasteiger partial charge in [0, 0.05) is 17.1 Å². The number of halogens is 1. The van der Waals surface area contributed by atoms with Crippen LogP contribution in [-0.4, -0.2) is 22.7 Å². The number of nitrogens with zero attached hydrogens (tertiary/aromatic N) is 2. The molecular formula is C22H20ClN3O2. The van der Waals surface area contributed by atoms with E-state index in [9.17, 15) is 4.79 Å². The lowest BCUT2D eigenvalue weighted by molar-refractivity contribution is -0.133. The Morgan fingerprint density at radius 1 is 1.14 bits per heavy atom. The Morgan fingerprint density at radius 3 is 2.57 bits per heavy atom. The van der Waals surface area contributed by atoms with Crippen LogP contribution < -0.4 is 5.32 Å². The van der Waals surface area contributed by atoms with Gasteiger partial charge in [-0.25, -0.2) is 5.01 Å². The molecule has 0 fully saturated rings. The molecule has 142 valence electrons. The first-order valence-electron chi connectivity index (χ1n) is 9.13. The van der Waals surface area contributed by atoms with Crippen molar-refractivity contribution in [1.29, 1.82) is 0 Å². The summed E-state index contributed by atoms with van der Waals surface area (Å²) in [6.07, 6.45) is 2.20. The van der Waals surface area contributed by atoms with Crippen LogP contribution in [0.5, 0.6) is 0 Å². The van der Waals surface area contributed by atoms with Gasteiger partial charge in [0.15, 0.2) is 0 Å². The average molecular weight is 394 g/mol. The number of rotatable bonds is 5. The summed E-state index contributed by atoms with van der Waals surface area (Å²) < 4.78 is 5.59. The largest absolute Gasteiger partial charge is 0.467 e. The summed E-state index contributed by atoms with van der Waals surface area (Å²) in [6.45, 7) is 1.84. The molecule has 2 atom stereocenters. The lowest BCUT2D eigenvalue weighted by atomic mass is 10.0. The average Bonchev–Trinajstić information content (AvgIpc) is 3.38. The maximum atomic E-state index is 13.2. The third-order valence-corrected chi connectivity index (χ3v) is 4.96. The quantitative estimate of drug-likeness (QED) is 0.655. The van der Waals surface area contributed by atoms with E-state index >= 15 is 0 Å². The van der Waals surface area contributed by atoms with Crippen LogP contribution in [-0.2, 0) is 4.79 Å². The minimum atomic E-state index is -0.437. The fourth-order valence-corrected chi connectivity index (χ4v) is 3.40. The van der Waals surface area contributed by atoms with Crippen LogP contribution in [0.25, 0.3) is 0 Å². The maximum absolute atomic E-state index is 13.2. The van der Waals surface area contributed by atoms with Gasteiger partial charge in [-0.3, -0.25) is 4.79 Å². The molecule has 28 heavy (non-hydrogen) atoms. The highest BCUT2D eigenvalue weighted by molar-refractivity contribution is 6.30. The van der Waals surface area contributed by atoms with E-state index < -0.39 is 6.04 Å². The third kappa shape index (κ3) is 3.80. The highest BCUT2D eigenvalue weighted by atomic mass is 35.5. The Hall–Kier alpha value is -3.05. The smallest absolute Gasteiger partial charge is 0.265 e. The van der Waals surface area contributed by atoms with Gasteiger partial charge in [0.2, 0.25) is 0 Å². The third-order valence-electron chi connectivity index (χ3n) is 4.71. The van der Waals surface area contributed by atoms with Gasteiger partial charge in [-0.05, 0) is 48.9 Å². The van der Waals surface area contributed by atoms with Crippen molar-refractivity contribution >= 4 is 28.9 Å². The summed E-state index contributed by atoms with van der Waals surface area (Å²) in [6, 6.07) is 20.1. The summed E-state index contributed by atoms with van der Waals surface area (Å²) in [5.74, 6) is 0.599. The van der Waals surface area contributed by atoms with Crippen LogP contribution in [0.4, 0.5) is 5.69 Å². The first-order valence-corrected chi connectivity index (χ1v) is 9.51. The highest BCUT2D eigenvalue weighted by Crippen LogP contribution is 2.34. The maximum Gasteiger partial charge on any atom is 0.265 e. The zero-order chi connectivity index (χ0) is 19.5. The van der Waals surface area contributed by atoms with Gasteiger partial charge in [0.1, 0.15) is 17.8 Å². The van der Waals surface area contributed by atoms with Gasteiger partial charge in [-0.15, -0.1) is 0 Å². The van der Waals surface area contributed by atoms with Crippen LogP contribution in [0.2, 0.25) is 5.02 Å². The van der Waals surface area contributed by atoms with Crippen molar-refractivity contribution in [2.45, 2.75) is 25.4 Å². The number of anilines is 1. The van der Waals surface area contributed by atoms with E-state index in [0.717, 1.165) is 17.0 Å². The number of hydrogen-bond donors (Lipinski definition) is 1. The molecule has 2 aromatic carbocycles. The van der Waals surface area contributed by atoms with Gasteiger partial charge >= 0.3 is 0 Å². The molecule has 1 aromatic heterocycles. The minimum absolute atomic E-state index is 0.116. The summed E-state index contributed by atoms with van der Waals surface area (Å²) in [5, 5.41) is 10.1. The zero-order valence-electron chi connectivity index (χ0n) is 15.4. The first kappa shape index (κ1) is 18.3. The monoisotopic (exact) mass is 393 g/mol. The number of nitrogens with one attached hydrogen (secondary N) is 1. The van der Waals surface area contributed by atoms with Crippen molar-refractivity contribution in [3.8, 4) is 0 Å². The van der Waals surface area contributed by atoms with Gasteiger partial charge in [0.25, 0.3) is 5.91 Å². The van der Waals surface area contributed by atoms with Crippen molar-refractivity contribution in [3.05, 3.63) is 89.3 Å². The molecule has 0 radical (unpaired) electrons. The van der Waals surface area contributed by atoms with E-state index in [1.54, 1.807) is 6.26 Å². The number of amides is 1. The van der Waals surface area contributed by atoms with E-state index in [4.69, 9.17) is 16.0 Å². The molecular weight excluding hydrogens is 374 g/mol. The van der Waals surface area contributed by atoms with Gasteiger partial charge in [0.05, 0.1) is 12.0 Å². The number of benzene rings is 2. The second kappa shape index (κ2) is 7.90. The molecule has 6 heteroatoms. The van der Waals surface area contributed by atoms with Gasteiger partial charge in [-0.1, -0.05) is 41.9 Å². The van der Waals surface area contributed by atoms with Gasteiger partial charge < -0.3 is 9.73 Å². The number of para-hydroxylation sites is 1. The van der Waals surface area contributed by atoms with Crippen molar-refractivity contribution in [2.75, 3.05) is 5.32 Å². The lowest BCUT2D eigenvalue weighted by Crippen LogP contribution is -2.38. The summed E-state index contributed by atoms with van der Waals surface area (Å²) in [5.41, 5.74) is 2.66. The number of carbonyl (C=O) groups is 1. The predicted octanol–water partition coefficient (Wildman–Crippen LogP) is 5.11. The molecule has 1 aliphatic heterocycles. The van der Waals surface area contributed by atoms with E-state index in [1.165, 1.54) is 5.01 Å². The normalized spacial score (nSPS) is 17.3. The number of furan rings is 1. The highest BCUT2D eigenvalue weighted by Gasteiger charge is 2.36. The Balaban J connectivity index is 1.60. The molecule has 1 aliphatic rings. The van der Waals surface area contributed by atoms with Crippen LogP contribution in [0, 0.1) is 0 Å². The summed E-state index contributed by atoms with van der Waals surface area (Å²) >= 11 is 6.00. The predicted molar refractivity (Wildman–Crippen MR) is 110 cm³/mol. The molecule has 2 heterocycles. The second-order valence-corrected chi connectivity index (χ2v) is 7.14. The summed E-state index contributed by atoms with van der Waals surface area (Å²) in [4.78, 5) is 13.2. The van der Waals surface area contributed by atoms with Crippen molar-refractivity contribution in [3.63, 3.8) is 0 Å². The Labute approximate surface area is 168 Å². The molecule has 4 rings (SSSR count). The van der Waals surface area contributed by atoms with Crippen molar-refractivity contribution in [1.82, 2.24) is 5.01 Å². The number of carbonyl (C=O) groups excluding carboxylic acids is 1. The van der Waals surface area contributed by atoms with Crippen molar-refractivity contribution < 1.29 is 9.21 Å². The Bertz CT molecular complexity index is 969. The SMILES string of the molecule is C[C@H](Nc1ccccc1)C(=O)N1N=C(c2ccc(Cl)cc2)C[C@H]1c1ccco1. The fourth-order valence-electron chi connectivity index (χ4n) is 3.28. The molecule has 5 nitrogen and oxygen atoms in total. The minimum Gasteiger partial charge on any atom is -0.467 e. The van der Waals surface area contributed by atoms with Crippen molar-refractivity contribution in [2.24, 2.45) is 5.10 Å². The van der Waals surface area contributed by atoms with Crippen LogP contribution >= 0.6 is 11.6 Å². The molecule has 0 saturated heterocycles. The van der Waals surface area contributed by atoms with Crippen LogP contribution in [0.3, 0.4) is 0 Å². The summed E-state index contributed by atoms with van der Waals surface area (Å²) in [7, 11) is 0. The van der Waals surface area contributed by atoms with E-state index in [1.807, 2.05) is 73.7 Å². The lowest BCUT2D eigenvalue weighted by Gasteiger charge is -2.24. The first-order chi connectivity index (χ1) is 13.6. The number of hydrogen-bond acceptors (Lipinski definition) is 4. The number of hydrazone groups is 1. The molecule has 0 spiro atoms. The molecule has 0 saturated carbocycles. The van der Waals surface area contributed by atoms with E-state index in [2.05, 4.69) is 10.4 Å². The molecule has 1 N–H and O–H groups in total. The molecule has 0 aliphatic carbocycles. The van der Waals surface area contributed by atoms with E-state index in [0.29, 0.717) is 17.2 Å². The fraction of sp³-hybridized carbons (Fsp3) is 0.182. The second-order valence-electron chi connectivity index (χ2n) is 6.70. The van der Waals surface area contributed by atoms with Gasteiger partial charge in [-0.2, -0.15) is 5.10 Å². The Morgan fingerprint density at radius 2 is 1.89 bits per heavy atom. The molecule has 1 amide bonds. The van der Waals surface area contributed by atoms with E-state index in [-0.39, 0.29) is 11.9 Å². The standard InChI is InChI=1S/C22H20ClN3O2/c1-15(24-18-6-3-2-4-7-18)22(27)26-20(21-8-5-13-28-21)14-19(25-26)16-9-11-17(23)12-10-16/h2-13,15,20,24H,14H2,1H3/t15-,20-/m0/s1. The molecule has 0 bridgehead atoms. The van der Waals surface area contributed by atoms with Crippen LogP contribution in [0.1, 0.15) is 30.7 Å². The van der Waals surface area contributed by atoms with Crippen LogP contribution in [0.15, 0.2) is 82.5 Å². The zero-order valence-corrected chi connectivity index (χ0v) is 16.1. The topological polar surface area (TPSA) is 57.8 Å². The Kier molecular flexibility index (Phi) is 5.17. The molecule has 0 unspecified atom stereocenters. The molecule has 3 aromatic rings.